The summed E-state index contributed by atoms with van der Waals surface area (Å²) in [6, 6.07) is 1.91. The molecule has 0 radical (unpaired) electrons. The van der Waals surface area contributed by atoms with Gasteiger partial charge in [0.15, 0.2) is 5.82 Å². The lowest BCUT2D eigenvalue weighted by atomic mass is 10.0. The van der Waals surface area contributed by atoms with E-state index in [2.05, 4.69) is 39.7 Å². The maximum absolute atomic E-state index is 6.03. The van der Waals surface area contributed by atoms with Gasteiger partial charge in [0.1, 0.15) is 10.2 Å². The number of nitrogens with zero attached hydrogens (tertiary/aromatic N) is 2. The molecular weight excluding hydrogens is 334 g/mol. The van der Waals surface area contributed by atoms with Gasteiger partial charge in [-0.1, -0.05) is 25.4 Å². The molecule has 96 valence electrons. The van der Waals surface area contributed by atoms with Crippen LogP contribution >= 0.6 is 38.9 Å². The van der Waals surface area contributed by atoms with Crippen LogP contribution in [0.15, 0.2) is 10.5 Å². The summed E-state index contributed by atoms with van der Waals surface area (Å²) in [4.78, 5) is 9.81. The molecule has 18 heavy (non-hydrogen) atoms. The summed E-state index contributed by atoms with van der Waals surface area (Å²) in [6.45, 7) is 6.13. The van der Waals surface area contributed by atoms with Crippen molar-refractivity contribution in [3.63, 3.8) is 0 Å². The van der Waals surface area contributed by atoms with Crippen molar-refractivity contribution in [2.75, 3.05) is 5.73 Å². The van der Waals surface area contributed by atoms with Gasteiger partial charge in [-0.25, -0.2) is 9.97 Å². The van der Waals surface area contributed by atoms with Crippen LogP contribution in [0.3, 0.4) is 0 Å². The van der Waals surface area contributed by atoms with Crippen molar-refractivity contribution in [2.45, 2.75) is 26.7 Å². The van der Waals surface area contributed by atoms with Crippen molar-refractivity contribution >= 4 is 44.7 Å². The lowest BCUT2D eigenvalue weighted by Gasteiger charge is -2.12. The Morgan fingerprint density at radius 2 is 2.06 bits per heavy atom. The van der Waals surface area contributed by atoms with Gasteiger partial charge in [-0.3, -0.25) is 0 Å². The molecule has 3 nitrogen and oxygen atoms in total. The van der Waals surface area contributed by atoms with Crippen LogP contribution in [0.1, 0.15) is 31.0 Å². The number of hydrogen-bond acceptors (Lipinski definition) is 4. The fourth-order valence-corrected chi connectivity index (χ4v) is 3.52. The zero-order valence-electron chi connectivity index (χ0n) is 10.3. The van der Waals surface area contributed by atoms with E-state index in [1.807, 2.05) is 13.0 Å². The molecule has 0 aliphatic rings. The molecule has 0 aromatic carbocycles. The summed E-state index contributed by atoms with van der Waals surface area (Å²) in [7, 11) is 0. The standard InChI is InChI=1S/C12H13BrClN3S/c1-5(2)9-6(3)16-12(17-11(9)15)8-4-7(13)10(14)18-8/h4-5H,1-3H3,(H2,15,16,17). The van der Waals surface area contributed by atoms with Gasteiger partial charge in [-0.2, -0.15) is 0 Å². The highest BCUT2D eigenvalue weighted by Gasteiger charge is 2.15. The number of hydrogen-bond donors (Lipinski definition) is 1. The average Bonchev–Trinajstić information content (AvgIpc) is 2.57. The quantitative estimate of drug-likeness (QED) is 0.862. The predicted octanol–water partition coefficient (Wildman–Crippen LogP) is 4.64. The second-order valence-corrected chi connectivity index (χ2v) is 6.83. The fraction of sp³-hybridized carbons (Fsp3) is 0.333. The molecule has 2 aromatic heterocycles. The van der Waals surface area contributed by atoms with E-state index in [-0.39, 0.29) is 0 Å². The largest absolute Gasteiger partial charge is 0.383 e. The van der Waals surface area contributed by atoms with E-state index in [1.54, 1.807) is 0 Å². The van der Waals surface area contributed by atoms with Gasteiger partial charge >= 0.3 is 0 Å². The van der Waals surface area contributed by atoms with Crippen LogP contribution < -0.4 is 5.73 Å². The minimum atomic E-state index is 0.317. The lowest BCUT2D eigenvalue weighted by Crippen LogP contribution is -2.06. The summed E-state index contributed by atoms with van der Waals surface area (Å²) < 4.78 is 1.55. The highest BCUT2D eigenvalue weighted by molar-refractivity contribution is 9.10. The summed E-state index contributed by atoms with van der Waals surface area (Å²) in [5, 5.41) is 0. The van der Waals surface area contributed by atoms with Crippen LogP contribution in [-0.2, 0) is 0 Å². The molecule has 0 amide bonds. The molecule has 0 unspecified atom stereocenters. The predicted molar refractivity (Wildman–Crippen MR) is 81.3 cm³/mol. The molecule has 0 aliphatic carbocycles. The Labute approximate surface area is 124 Å². The minimum Gasteiger partial charge on any atom is -0.383 e. The summed E-state index contributed by atoms with van der Waals surface area (Å²) in [5.41, 5.74) is 7.95. The number of rotatable bonds is 2. The van der Waals surface area contributed by atoms with Crippen molar-refractivity contribution in [3.8, 4) is 10.7 Å². The number of thiophene rings is 1. The third-order valence-electron chi connectivity index (χ3n) is 2.61. The van der Waals surface area contributed by atoms with Crippen molar-refractivity contribution in [1.29, 1.82) is 0 Å². The van der Waals surface area contributed by atoms with Crippen LogP contribution in [-0.4, -0.2) is 9.97 Å². The Morgan fingerprint density at radius 3 is 2.50 bits per heavy atom. The number of nitrogen functional groups attached to an aromatic ring is 1. The highest BCUT2D eigenvalue weighted by Crippen LogP contribution is 2.37. The van der Waals surface area contributed by atoms with Gasteiger partial charge in [-0.05, 0) is 34.8 Å². The Morgan fingerprint density at radius 1 is 1.39 bits per heavy atom. The SMILES string of the molecule is Cc1nc(-c2cc(Br)c(Cl)s2)nc(N)c1C(C)C. The Bertz CT molecular complexity index is 552. The third kappa shape index (κ3) is 2.53. The molecular formula is C12H13BrClN3S. The van der Waals surface area contributed by atoms with Crippen molar-refractivity contribution < 1.29 is 0 Å². The van der Waals surface area contributed by atoms with Gasteiger partial charge in [0.2, 0.25) is 0 Å². The molecule has 0 saturated heterocycles. The zero-order chi connectivity index (χ0) is 13.4. The van der Waals surface area contributed by atoms with Gasteiger partial charge < -0.3 is 5.73 Å². The number of anilines is 1. The van der Waals surface area contributed by atoms with Crippen LogP contribution in [0.5, 0.6) is 0 Å². The molecule has 2 aromatic rings. The Kier molecular flexibility index (Phi) is 3.94. The first-order chi connectivity index (χ1) is 8.40. The Balaban J connectivity index is 2.54. The molecule has 0 aliphatic heterocycles. The van der Waals surface area contributed by atoms with E-state index < -0.39 is 0 Å². The van der Waals surface area contributed by atoms with Gasteiger partial charge in [-0.15, -0.1) is 11.3 Å². The van der Waals surface area contributed by atoms with E-state index in [9.17, 15) is 0 Å². The van der Waals surface area contributed by atoms with E-state index in [4.69, 9.17) is 17.3 Å². The van der Waals surface area contributed by atoms with Crippen LogP contribution in [0.4, 0.5) is 5.82 Å². The number of halogens is 2. The number of aryl methyl sites for hydroxylation is 1. The normalized spacial score (nSPS) is 11.2. The maximum atomic E-state index is 6.03. The van der Waals surface area contributed by atoms with Crippen molar-refractivity contribution in [3.05, 3.63) is 26.1 Å². The lowest BCUT2D eigenvalue weighted by molar-refractivity contribution is 0.836. The first-order valence-corrected chi connectivity index (χ1v) is 7.48. The van der Waals surface area contributed by atoms with E-state index in [0.717, 1.165) is 20.6 Å². The molecule has 0 saturated carbocycles. The van der Waals surface area contributed by atoms with Crippen LogP contribution in [0, 0.1) is 6.92 Å². The summed E-state index contributed by atoms with van der Waals surface area (Å²) in [5.74, 6) is 1.50. The smallest absolute Gasteiger partial charge is 0.171 e. The highest BCUT2D eigenvalue weighted by atomic mass is 79.9. The van der Waals surface area contributed by atoms with E-state index >= 15 is 0 Å². The van der Waals surface area contributed by atoms with Crippen LogP contribution in [0.25, 0.3) is 10.7 Å². The molecule has 0 bridgehead atoms. The first-order valence-electron chi connectivity index (χ1n) is 5.49. The van der Waals surface area contributed by atoms with Crippen LogP contribution in [0.2, 0.25) is 4.34 Å². The van der Waals surface area contributed by atoms with Crippen molar-refractivity contribution in [1.82, 2.24) is 9.97 Å². The van der Waals surface area contributed by atoms with E-state index in [1.165, 1.54) is 11.3 Å². The minimum absolute atomic E-state index is 0.317. The monoisotopic (exact) mass is 345 g/mol. The molecule has 6 heteroatoms. The average molecular weight is 347 g/mol. The first kappa shape index (κ1) is 13.8. The van der Waals surface area contributed by atoms with Gasteiger partial charge in [0.05, 0.1) is 4.88 Å². The summed E-state index contributed by atoms with van der Waals surface area (Å²) in [6.07, 6.45) is 0. The number of aromatic nitrogens is 2. The zero-order valence-corrected chi connectivity index (χ0v) is 13.4. The summed E-state index contributed by atoms with van der Waals surface area (Å²) >= 11 is 10.8. The van der Waals surface area contributed by atoms with E-state index in [0.29, 0.717) is 21.9 Å². The molecule has 2 rings (SSSR count). The molecule has 2 N–H and O–H groups in total. The topological polar surface area (TPSA) is 51.8 Å². The van der Waals surface area contributed by atoms with Gasteiger partial charge in [0, 0.05) is 15.7 Å². The maximum Gasteiger partial charge on any atom is 0.171 e. The molecule has 0 fully saturated rings. The fourth-order valence-electron chi connectivity index (χ4n) is 1.88. The number of nitrogens with two attached hydrogens (primary N) is 1. The molecule has 2 heterocycles. The van der Waals surface area contributed by atoms with Crippen molar-refractivity contribution in [2.24, 2.45) is 0 Å². The second kappa shape index (κ2) is 5.15. The third-order valence-corrected chi connectivity index (χ3v) is 5.08. The molecule has 0 spiro atoms. The molecule has 0 atom stereocenters. The second-order valence-electron chi connectivity index (χ2n) is 4.32. The van der Waals surface area contributed by atoms with Gasteiger partial charge in [0.25, 0.3) is 0 Å². The Hall–Kier alpha value is -0.650.